The van der Waals surface area contributed by atoms with Crippen molar-refractivity contribution in [3.05, 3.63) is 12.2 Å². The number of carbonyl (C=O) groups excluding carboxylic acids is 1. The number of alkyl halides is 1. The lowest BCUT2D eigenvalue weighted by atomic mass is 10.3. The molecule has 0 unspecified atom stereocenters. The van der Waals surface area contributed by atoms with Crippen molar-refractivity contribution >= 4 is 23.5 Å². The zero-order chi connectivity index (χ0) is 12.1. The summed E-state index contributed by atoms with van der Waals surface area (Å²) >= 11 is 5.38. The van der Waals surface area contributed by atoms with Crippen molar-refractivity contribution in [3.8, 4) is 0 Å². The first kappa shape index (κ1) is 16.4. The second-order valence-corrected chi connectivity index (χ2v) is 2.97. The standard InChI is InChI=1S/C5H11Cl.C5H6O4/c1-2-3-4-5-6;1-9-5(8)3-2-4(6)7/h2-5H2,1H3;2-3H,1H3,(H,6,7)/b;3-2+. The average molecular weight is 237 g/mol. The topological polar surface area (TPSA) is 63.6 Å². The first-order valence-corrected chi connectivity index (χ1v) is 5.16. The van der Waals surface area contributed by atoms with Crippen LogP contribution in [-0.2, 0) is 14.3 Å². The first-order chi connectivity index (χ1) is 7.08. The molecule has 0 aromatic heterocycles. The lowest BCUT2D eigenvalue weighted by Gasteiger charge is -1.85. The number of carbonyl (C=O) groups is 2. The van der Waals surface area contributed by atoms with E-state index in [4.69, 9.17) is 16.7 Å². The summed E-state index contributed by atoms with van der Waals surface area (Å²) in [6.07, 6.45) is 5.28. The van der Waals surface area contributed by atoms with Crippen LogP contribution in [0.25, 0.3) is 0 Å². The van der Waals surface area contributed by atoms with E-state index in [9.17, 15) is 9.59 Å². The van der Waals surface area contributed by atoms with Crippen molar-refractivity contribution in [2.75, 3.05) is 13.0 Å². The molecule has 0 aliphatic carbocycles. The van der Waals surface area contributed by atoms with Crippen LogP contribution in [-0.4, -0.2) is 30.0 Å². The summed E-state index contributed by atoms with van der Waals surface area (Å²) in [5.74, 6) is -1.01. The van der Waals surface area contributed by atoms with Crippen molar-refractivity contribution in [3.63, 3.8) is 0 Å². The van der Waals surface area contributed by atoms with Gasteiger partial charge in [0, 0.05) is 18.0 Å². The van der Waals surface area contributed by atoms with Crippen molar-refractivity contribution in [2.24, 2.45) is 0 Å². The van der Waals surface area contributed by atoms with Crippen molar-refractivity contribution in [1.29, 1.82) is 0 Å². The van der Waals surface area contributed by atoms with Crippen LogP contribution in [0.3, 0.4) is 0 Å². The van der Waals surface area contributed by atoms with Gasteiger partial charge in [0.2, 0.25) is 0 Å². The molecule has 88 valence electrons. The summed E-state index contributed by atoms with van der Waals surface area (Å²) < 4.78 is 4.11. The molecule has 15 heavy (non-hydrogen) atoms. The SMILES string of the molecule is CCCCCCl.COC(=O)/C=C/C(=O)O. The van der Waals surface area contributed by atoms with E-state index in [2.05, 4.69) is 11.7 Å². The van der Waals surface area contributed by atoms with Crippen molar-refractivity contribution in [2.45, 2.75) is 26.2 Å². The Balaban J connectivity index is 0. The van der Waals surface area contributed by atoms with Gasteiger partial charge in [-0.25, -0.2) is 9.59 Å². The van der Waals surface area contributed by atoms with E-state index < -0.39 is 11.9 Å². The second kappa shape index (κ2) is 13.0. The zero-order valence-electron chi connectivity index (χ0n) is 9.03. The molecule has 0 aromatic rings. The van der Waals surface area contributed by atoms with Crippen LogP contribution in [0.1, 0.15) is 26.2 Å². The molecule has 4 nitrogen and oxygen atoms in total. The lowest BCUT2D eigenvalue weighted by molar-refractivity contribution is -0.136. The second-order valence-electron chi connectivity index (χ2n) is 2.59. The molecule has 0 spiro atoms. The van der Waals surface area contributed by atoms with Gasteiger partial charge in [-0.15, -0.1) is 11.6 Å². The molecule has 0 fully saturated rings. The zero-order valence-corrected chi connectivity index (χ0v) is 9.79. The Morgan fingerprint density at radius 3 is 2.20 bits per heavy atom. The molecule has 0 aromatic carbocycles. The van der Waals surface area contributed by atoms with E-state index >= 15 is 0 Å². The summed E-state index contributed by atoms with van der Waals surface area (Å²) in [6, 6.07) is 0. The average Bonchev–Trinajstić information content (AvgIpc) is 2.23. The number of carboxylic acids is 1. The minimum Gasteiger partial charge on any atom is -0.478 e. The molecule has 0 saturated heterocycles. The Bertz CT molecular complexity index is 198. The third kappa shape index (κ3) is 19.4. The van der Waals surface area contributed by atoms with Gasteiger partial charge >= 0.3 is 11.9 Å². The Morgan fingerprint density at radius 1 is 1.33 bits per heavy atom. The van der Waals surface area contributed by atoms with E-state index in [0.717, 1.165) is 12.0 Å². The van der Waals surface area contributed by atoms with Crippen LogP contribution < -0.4 is 0 Å². The number of ether oxygens (including phenoxy) is 1. The molecule has 0 rings (SSSR count). The number of esters is 1. The van der Waals surface area contributed by atoms with Gasteiger partial charge in [-0.3, -0.25) is 0 Å². The predicted molar refractivity (Wildman–Crippen MR) is 59.0 cm³/mol. The summed E-state index contributed by atoms with van der Waals surface area (Å²) in [7, 11) is 1.18. The molecule has 0 radical (unpaired) electrons. The molecule has 0 atom stereocenters. The quantitative estimate of drug-likeness (QED) is 0.344. The van der Waals surface area contributed by atoms with Gasteiger partial charge in [0.05, 0.1) is 7.11 Å². The molecule has 5 heteroatoms. The van der Waals surface area contributed by atoms with Crippen LogP contribution in [0, 0.1) is 0 Å². The number of aliphatic carboxylic acids is 1. The van der Waals surface area contributed by atoms with Gasteiger partial charge < -0.3 is 9.84 Å². The minimum atomic E-state index is -1.17. The fourth-order valence-corrected chi connectivity index (χ4v) is 0.741. The summed E-state index contributed by atoms with van der Waals surface area (Å²) in [4.78, 5) is 19.9. The summed E-state index contributed by atoms with van der Waals surface area (Å²) in [6.45, 7) is 2.17. The molecule has 0 heterocycles. The van der Waals surface area contributed by atoms with Gasteiger partial charge in [-0.1, -0.05) is 19.8 Å². The lowest BCUT2D eigenvalue weighted by Crippen LogP contribution is -1.96. The van der Waals surface area contributed by atoms with Gasteiger partial charge in [-0.2, -0.15) is 0 Å². The van der Waals surface area contributed by atoms with E-state index in [1.807, 2.05) is 0 Å². The highest BCUT2D eigenvalue weighted by molar-refractivity contribution is 6.17. The van der Waals surface area contributed by atoms with E-state index in [-0.39, 0.29) is 0 Å². The third-order valence-electron chi connectivity index (χ3n) is 1.30. The maximum Gasteiger partial charge on any atom is 0.330 e. The normalized spacial score (nSPS) is 9.27. The fourth-order valence-electron chi connectivity index (χ4n) is 0.552. The molecular weight excluding hydrogens is 220 g/mol. The number of hydrogen-bond acceptors (Lipinski definition) is 3. The number of halogens is 1. The summed E-state index contributed by atoms with van der Waals surface area (Å²) in [5, 5.41) is 7.96. The highest BCUT2D eigenvalue weighted by Gasteiger charge is 1.91. The fraction of sp³-hybridized carbons (Fsp3) is 0.600. The Kier molecular flexibility index (Phi) is 14.2. The number of rotatable bonds is 5. The highest BCUT2D eigenvalue weighted by Crippen LogP contribution is 1.93. The maximum absolute atomic E-state index is 10.1. The maximum atomic E-state index is 10.1. The first-order valence-electron chi connectivity index (χ1n) is 4.63. The van der Waals surface area contributed by atoms with Crippen LogP contribution in [0.15, 0.2) is 12.2 Å². The molecule has 0 saturated carbocycles. The predicted octanol–water partition coefficient (Wildman–Crippen LogP) is 2.22. The smallest absolute Gasteiger partial charge is 0.330 e. The monoisotopic (exact) mass is 236 g/mol. The molecular formula is C10H17ClO4. The van der Waals surface area contributed by atoms with Gasteiger partial charge in [0.1, 0.15) is 0 Å². The van der Waals surface area contributed by atoms with Crippen LogP contribution in [0.4, 0.5) is 0 Å². The van der Waals surface area contributed by atoms with Crippen LogP contribution in [0.5, 0.6) is 0 Å². The largest absolute Gasteiger partial charge is 0.478 e. The molecule has 0 aliphatic rings. The number of carboxylic acid groups (broad SMARTS) is 1. The van der Waals surface area contributed by atoms with E-state index in [1.54, 1.807) is 0 Å². The molecule has 0 amide bonds. The Labute approximate surface area is 94.9 Å². The number of unbranched alkanes of at least 4 members (excludes halogenated alkanes) is 2. The third-order valence-corrected chi connectivity index (χ3v) is 1.57. The van der Waals surface area contributed by atoms with Gasteiger partial charge in [-0.05, 0) is 6.42 Å². The Hall–Kier alpha value is -1.03. The van der Waals surface area contributed by atoms with Crippen LogP contribution >= 0.6 is 11.6 Å². The molecule has 0 aliphatic heterocycles. The van der Waals surface area contributed by atoms with E-state index in [0.29, 0.717) is 6.08 Å². The summed E-state index contributed by atoms with van der Waals surface area (Å²) in [5.41, 5.74) is 0. The number of methoxy groups -OCH3 is 1. The highest BCUT2D eigenvalue weighted by atomic mass is 35.5. The van der Waals surface area contributed by atoms with E-state index in [1.165, 1.54) is 26.4 Å². The minimum absolute atomic E-state index is 0.669. The molecule has 0 bridgehead atoms. The van der Waals surface area contributed by atoms with Crippen LogP contribution in [0.2, 0.25) is 0 Å². The van der Waals surface area contributed by atoms with Gasteiger partial charge in [0.15, 0.2) is 0 Å². The van der Waals surface area contributed by atoms with Crippen molar-refractivity contribution < 1.29 is 19.4 Å². The molecule has 1 N–H and O–H groups in total. The Morgan fingerprint density at radius 2 is 1.93 bits per heavy atom. The van der Waals surface area contributed by atoms with Crippen molar-refractivity contribution in [1.82, 2.24) is 0 Å². The number of hydrogen-bond donors (Lipinski definition) is 1. The van der Waals surface area contributed by atoms with Gasteiger partial charge in [0.25, 0.3) is 0 Å².